The lowest BCUT2D eigenvalue weighted by molar-refractivity contribution is -0.113. The highest BCUT2D eigenvalue weighted by Gasteiger charge is 2.10. The zero-order chi connectivity index (χ0) is 14.4. The SMILES string of the molecule is CC(C)c1ccccc1NC(=O)CSC(=S)N(C)C. The molecule has 19 heavy (non-hydrogen) atoms. The number of amides is 1. The molecule has 1 aromatic carbocycles. The highest BCUT2D eigenvalue weighted by Crippen LogP contribution is 2.23. The standard InChI is InChI=1S/C14H20N2OS2/c1-10(2)11-7-5-6-8-12(11)15-13(17)9-19-14(18)16(3)4/h5-8,10H,9H2,1-4H3,(H,15,17). The second-order valence-electron chi connectivity index (χ2n) is 4.74. The van der Waals surface area contributed by atoms with Crippen molar-refractivity contribution < 1.29 is 4.79 Å². The van der Waals surface area contributed by atoms with Gasteiger partial charge in [-0.1, -0.05) is 56.0 Å². The number of hydrogen-bond donors (Lipinski definition) is 1. The number of carbonyl (C=O) groups excluding carboxylic acids is 1. The first-order chi connectivity index (χ1) is 8.91. The van der Waals surface area contributed by atoms with Crippen LogP contribution in [0.2, 0.25) is 0 Å². The van der Waals surface area contributed by atoms with Gasteiger partial charge < -0.3 is 10.2 Å². The molecule has 3 nitrogen and oxygen atoms in total. The molecule has 0 bridgehead atoms. The van der Waals surface area contributed by atoms with Crippen molar-refractivity contribution in [1.29, 1.82) is 0 Å². The molecule has 0 spiro atoms. The minimum Gasteiger partial charge on any atom is -0.364 e. The Morgan fingerprint density at radius 1 is 1.37 bits per heavy atom. The number of nitrogens with one attached hydrogen (secondary N) is 1. The average Bonchev–Trinajstić information content (AvgIpc) is 2.36. The van der Waals surface area contributed by atoms with E-state index in [4.69, 9.17) is 12.2 Å². The summed E-state index contributed by atoms with van der Waals surface area (Å²) in [5, 5.41) is 2.95. The number of anilines is 1. The Labute approximate surface area is 124 Å². The molecule has 0 atom stereocenters. The predicted molar refractivity (Wildman–Crippen MR) is 87.9 cm³/mol. The zero-order valence-corrected chi connectivity index (χ0v) is 13.4. The minimum absolute atomic E-state index is 0.0256. The predicted octanol–water partition coefficient (Wildman–Crippen LogP) is 3.33. The summed E-state index contributed by atoms with van der Waals surface area (Å²) in [6.07, 6.45) is 0. The molecule has 0 aliphatic carbocycles. The number of rotatable bonds is 4. The van der Waals surface area contributed by atoms with Gasteiger partial charge in [-0.3, -0.25) is 4.79 Å². The van der Waals surface area contributed by atoms with E-state index in [2.05, 4.69) is 19.2 Å². The van der Waals surface area contributed by atoms with Crippen molar-refractivity contribution in [2.24, 2.45) is 0 Å². The lowest BCUT2D eigenvalue weighted by Crippen LogP contribution is -2.21. The molecule has 0 saturated carbocycles. The maximum absolute atomic E-state index is 11.9. The fraction of sp³-hybridized carbons (Fsp3) is 0.429. The van der Waals surface area contributed by atoms with E-state index in [-0.39, 0.29) is 5.91 Å². The maximum Gasteiger partial charge on any atom is 0.234 e. The van der Waals surface area contributed by atoms with E-state index in [1.807, 2.05) is 43.3 Å². The van der Waals surface area contributed by atoms with Gasteiger partial charge in [0.25, 0.3) is 0 Å². The average molecular weight is 296 g/mol. The van der Waals surface area contributed by atoms with Crippen molar-refractivity contribution in [2.45, 2.75) is 19.8 Å². The minimum atomic E-state index is -0.0256. The van der Waals surface area contributed by atoms with Crippen LogP contribution in [0.4, 0.5) is 5.69 Å². The number of nitrogens with zero attached hydrogens (tertiary/aromatic N) is 1. The molecule has 0 radical (unpaired) electrons. The van der Waals surface area contributed by atoms with Gasteiger partial charge in [0, 0.05) is 19.8 Å². The van der Waals surface area contributed by atoms with Crippen molar-refractivity contribution in [3.05, 3.63) is 29.8 Å². The van der Waals surface area contributed by atoms with E-state index in [1.54, 1.807) is 0 Å². The van der Waals surface area contributed by atoms with Crippen LogP contribution >= 0.6 is 24.0 Å². The highest BCUT2D eigenvalue weighted by molar-refractivity contribution is 8.23. The van der Waals surface area contributed by atoms with Crippen molar-refractivity contribution in [2.75, 3.05) is 25.2 Å². The smallest absolute Gasteiger partial charge is 0.234 e. The van der Waals surface area contributed by atoms with Crippen LogP contribution in [-0.2, 0) is 4.79 Å². The summed E-state index contributed by atoms with van der Waals surface area (Å²) in [4.78, 5) is 13.7. The molecule has 0 aliphatic heterocycles. The van der Waals surface area contributed by atoms with Crippen LogP contribution in [0.1, 0.15) is 25.3 Å². The fourth-order valence-corrected chi connectivity index (χ4v) is 2.32. The van der Waals surface area contributed by atoms with E-state index in [9.17, 15) is 4.79 Å². The van der Waals surface area contributed by atoms with Crippen LogP contribution in [0.5, 0.6) is 0 Å². The quantitative estimate of drug-likeness (QED) is 0.864. The Bertz CT molecular complexity index is 459. The fourth-order valence-electron chi connectivity index (χ4n) is 1.56. The molecule has 0 aromatic heterocycles. The van der Waals surface area contributed by atoms with Crippen molar-refractivity contribution in [1.82, 2.24) is 4.90 Å². The van der Waals surface area contributed by atoms with Gasteiger partial charge in [-0.25, -0.2) is 0 Å². The Morgan fingerprint density at radius 2 is 2.00 bits per heavy atom. The Kier molecular flexibility index (Phi) is 6.31. The van der Waals surface area contributed by atoms with Gasteiger partial charge in [0.2, 0.25) is 5.91 Å². The molecule has 1 aromatic rings. The van der Waals surface area contributed by atoms with E-state index in [0.717, 1.165) is 11.3 Å². The topological polar surface area (TPSA) is 32.3 Å². The lowest BCUT2D eigenvalue weighted by atomic mass is 10.0. The number of benzene rings is 1. The lowest BCUT2D eigenvalue weighted by Gasteiger charge is -2.15. The largest absolute Gasteiger partial charge is 0.364 e. The summed E-state index contributed by atoms with van der Waals surface area (Å²) in [7, 11) is 3.75. The normalized spacial score (nSPS) is 10.4. The van der Waals surface area contributed by atoms with E-state index < -0.39 is 0 Å². The summed E-state index contributed by atoms with van der Waals surface area (Å²) in [5.74, 6) is 0.693. The molecular formula is C14H20N2OS2. The third-order valence-corrected chi connectivity index (χ3v) is 4.29. The summed E-state index contributed by atoms with van der Waals surface area (Å²) in [6, 6.07) is 7.89. The third kappa shape index (κ3) is 5.20. The summed E-state index contributed by atoms with van der Waals surface area (Å²) >= 11 is 6.51. The molecule has 0 saturated heterocycles. The third-order valence-electron chi connectivity index (χ3n) is 2.55. The van der Waals surface area contributed by atoms with Crippen LogP contribution in [0.25, 0.3) is 0 Å². The van der Waals surface area contributed by atoms with Gasteiger partial charge >= 0.3 is 0 Å². The second-order valence-corrected chi connectivity index (χ2v) is 6.35. The summed E-state index contributed by atoms with van der Waals surface area (Å²) in [5.41, 5.74) is 2.04. The van der Waals surface area contributed by atoms with Gasteiger partial charge in [-0.2, -0.15) is 0 Å². The Hall–Kier alpha value is -1.07. The number of carbonyl (C=O) groups is 1. The summed E-state index contributed by atoms with van der Waals surface area (Å²) in [6.45, 7) is 4.22. The molecule has 0 unspecified atom stereocenters. The Balaban J connectivity index is 2.60. The van der Waals surface area contributed by atoms with Crippen molar-refractivity contribution >= 4 is 39.9 Å². The van der Waals surface area contributed by atoms with Crippen LogP contribution in [-0.4, -0.2) is 35.0 Å². The monoisotopic (exact) mass is 296 g/mol. The van der Waals surface area contributed by atoms with Gasteiger partial charge in [0.15, 0.2) is 0 Å². The molecule has 5 heteroatoms. The van der Waals surface area contributed by atoms with Crippen molar-refractivity contribution in [3.63, 3.8) is 0 Å². The molecular weight excluding hydrogens is 276 g/mol. The number of thioether (sulfide) groups is 1. The molecule has 0 aliphatic rings. The second kappa shape index (κ2) is 7.50. The van der Waals surface area contributed by atoms with E-state index in [1.165, 1.54) is 11.8 Å². The first-order valence-corrected chi connectivity index (χ1v) is 7.54. The molecule has 0 fully saturated rings. The Morgan fingerprint density at radius 3 is 2.58 bits per heavy atom. The van der Waals surface area contributed by atoms with E-state index >= 15 is 0 Å². The number of para-hydroxylation sites is 1. The first kappa shape index (κ1) is 16.0. The number of hydrogen-bond acceptors (Lipinski definition) is 3. The van der Waals surface area contributed by atoms with Crippen molar-refractivity contribution in [3.8, 4) is 0 Å². The molecule has 1 amide bonds. The highest BCUT2D eigenvalue weighted by atomic mass is 32.2. The molecule has 0 heterocycles. The van der Waals surface area contributed by atoms with Gasteiger partial charge in [0.1, 0.15) is 4.32 Å². The van der Waals surface area contributed by atoms with Crippen LogP contribution in [0, 0.1) is 0 Å². The molecule has 104 valence electrons. The zero-order valence-electron chi connectivity index (χ0n) is 11.8. The summed E-state index contributed by atoms with van der Waals surface area (Å²) < 4.78 is 0.715. The van der Waals surface area contributed by atoms with Gasteiger partial charge in [-0.05, 0) is 17.5 Å². The van der Waals surface area contributed by atoms with Crippen LogP contribution in [0.15, 0.2) is 24.3 Å². The molecule has 1 rings (SSSR count). The van der Waals surface area contributed by atoms with Crippen LogP contribution in [0.3, 0.4) is 0 Å². The number of thiocarbonyl (C=S) groups is 1. The first-order valence-electron chi connectivity index (χ1n) is 6.14. The molecule has 1 N–H and O–H groups in total. The van der Waals surface area contributed by atoms with Gasteiger partial charge in [0.05, 0.1) is 5.75 Å². The van der Waals surface area contributed by atoms with Gasteiger partial charge in [-0.15, -0.1) is 0 Å². The van der Waals surface area contributed by atoms with E-state index in [0.29, 0.717) is 16.0 Å². The van der Waals surface area contributed by atoms with Crippen LogP contribution < -0.4 is 5.32 Å². The maximum atomic E-state index is 11.9.